The molecule has 2 rings (SSSR count). The first-order valence-electron chi connectivity index (χ1n) is 8.25. The van der Waals surface area contributed by atoms with Gasteiger partial charge in [0.2, 0.25) is 0 Å². The molecular weight excluding hydrogens is 340 g/mol. The number of hydrogen-bond donors (Lipinski definition) is 1. The largest absolute Gasteiger partial charge is 0.493 e. The van der Waals surface area contributed by atoms with Crippen molar-refractivity contribution in [2.75, 3.05) is 20.2 Å². The van der Waals surface area contributed by atoms with Crippen molar-refractivity contribution in [3.63, 3.8) is 0 Å². The summed E-state index contributed by atoms with van der Waals surface area (Å²) >= 11 is 5.90. The second kappa shape index (κ2) is 8.72. The third kappa shape index (κ3) is 5.36. The van der Waals surface area contributed by atoms with Crippen LogP contribution in [-0.4, -0.2) is 36.0 Å². The van der Waals surface area contributed by atoms with Gasteiger partial charge in [-0.2, -0.15) is 0 Å². The lowest BCUT2D eigenvalue weighted by Crippen LogP contribution is -2.33. The molecule has 0 fully saturated rings. The van der Waals surface area contributed by atoms with Gasteiger partial charge in [-0.3, -0.25) is 9.59 Å². The average Bonchev–Trinajstić information content (AvgIpc) is 2.57. The molecule has 1 heterocycles. The summed E-state index contributed by atoms with van der Waals surface area (Å²) < 4.78 is 5.60. The molecule has 0 radical (unpaired) electrons. The van der Waals surface area contributed by atoms with E-state index in [1.807, 2.05) is 26.0 Å². The number of aromatic amines is 1. The average molecular weight is 363 g/mol. The Labute approximate surface area is 152 Å². The Kier molecular flexibility index (Phi) is 6.65. The van der Waals surface area contributed by atoms with Crippen LogP contribution in [0.5, 0.6) is 5.75 Å². The van der Waals surface area contributed by atoms with Crippen LogP contribution in [0.25, 0.3) is 0 Å². The second-order valence-corrected chi connectivity index (χ2v) is 6.63. The van der Waals surface area contributed by atoms with E-state index in [-0.39, 0.29) is 22.9 Å². The number of nitrogens with zero attached hydrogens (tertiary/aromatic N) is 1. The van der Waals surface area contributed by atoms with Gasteiger partial charge in [-0.15, -0.1) is 0 Å². The summed E-state index contributed by atoms with van der Waals surface area (Å²) in [6.07, 6.45) is 0.650. The highest BCUT2D eigenvalue weighted by Crippen LogP contribution is 2.17. The van der Waals surface area contributed by atoms with Gasteiger partial charge in [0.05, 0.1) is 6.61 Å². The van der Waals surface area contributed by atoms with Crippen LogP contribution in [0, 0.1) is 0 Å². The zero-order valence-electron chi connectivity index (χ0n) is 14.7. The van der Waals surface area contributed by atoms with Crippen molar-refractivity contribution >= 4 is 17.5 Å². The van der Waals surface area contributed by atoms with E-state index in [4.69, 9.17) is 16.3 Å². The molecule has 25 heavy (non-hydrogen) atoms. The van der Waals surface area contributed by atoms with Crippen molar-refractivity contribution < 1.29 is 9.53 Å². The highest BCUT2D eigenvalue weighted by molar-refractivity contribution is 6.30. The second-order valence-electron chi connectivity index (χ2n) is 6.20. The zero-order chi connectivity index (χ0) is 18.4. The van der Waals surface area contributed by atoms with Gasteiger partial charge in [0, 0.05) is 24.3 Å². The SMILES string of the molecule is CC(C)c1ccc(C(=O)N(C)CCCOc2cccc(Cl)c2)c(=O)[nH]1. The molecule has 0 bridgehead atoms. The molecule has 1 aromatic heterocycles. The minimum absolute atomic E-state index is 0.155. The first-order valence-corrected chi connectivity index (χ1v) is 8.63. The summed E-state index contributed by atoms with van der Waals surface area (Å²) in [5.41, 5.74) is 0.625. The van der Waals surface area contributed by atoms with E-state index in [0.29, 0.717) is 30.3 Å². The maximum absolute atomic E-state index is 12.4. The Morgan fingerprint density at radius 1 is 1.28 bits per heavy atom. The van der Waals surface area contributed by atoms with E-state index in [0.717, 1.165) is 5.69 Å². The number of pyridine rings is 1. The molecule has 1 amide bonds. The molecule has 134 valence electrons. The summed E-state index contributed by atoms with van der Waals surface area (Å²) in [7, 11) is 1.68. The third-order valence-corrected chi connectivity index (χ3v) is 4.07. The fraction of sp³-hybridized carbons (Fsp3) is 0.368. The topological polar surface area (TPSA) is 62.4 Å². The van der Waals surface area contributed by atoms with E-state index < -0.39 is 0 Å². The van der Waals surface area contributed by atoms with E-state index >= 15 is 0 Å². The van der Waals surface area contributed by atoms with Crippen LogP contribution in [0.4, 0.5) is 0 Å². The monoisotopic (exact) mass is 362 g/mol. The van der Waals surface area contributed by atoms with Gasteiger partial charge >= 0.3 is 0 Å². The fourth-order valence-corrected chi connectivity index (χ4v) is 2.53. The first-order chi connectivity index (χ1) is 11.9. The molecule has 2 aromatic rings. The van der Waals surface area contributed by atoms with Crippen molar-refractivity contribution in [3.8, 4) is 5.75 Å². The number of ether oxygens (including phenoxy) is 1. The number of nitrogens with one attached hydrogen (secondary N) is 1. The summed E-state index contributed by atoms with van der Waals surface area (Å²) in [5.74, 6) is 0.611. The molecular formula is C19H23ClN2O3. The smallest absolute Gasteiger partial charge is 0.261 e. The molecule has 0 aliphatic rings. The maximum atomic E-state index is 12.4. The summed E-state index contributed by atoms with van der Waals surface area (Å²) in [4.78, 5) is 28.8. The van der Waals surface area contributed by atoms with Crippen molar-refractivity contribution in [1.82, 2.24) is 9.88 Å². The standard InChI is InChI=1S/C19H23ClN2O3/c1-13(2)17-9-8-16(18(23)21-17)19(24)22(3)10-5-11-25-15-7-4-6-14(20)12-15/h4,6-9,12-13H,5,10-11H2,1-3H3,(H,21,23). The van der Waals surface area contributed by atoms with Crippen molar-refractivity contribution in [1.29, 1.82) is 0 Å². The Bertz CT molecular complexity index is 786. The van der Waals surface area contributed by atoms with Gasteiger partial charge in [-0.25, -0.2) is 0 Å². The zero-order valence-corrected chi connectivity index (χ0v) is 15.5. The highest BCUT2D eigenvalue weighted by Gasteiger charge is 2.16. The molecule has 0 spiro atoms. The Morgan fingerprint density at radius 2 is 2.04 bits per heavy atom. The molecule has 5 nitrogen and oxygen atoms in total. The van der Waals surface area contributed by atoms with E-state index in [1.165, 1.54) is 4.90 Å². The summed E-state index contributed by atoms with van der Waals surface area (Å²) in [5, 5.41) is 0.619. The summed E-state index contributed by atoms with van der Waals surface area (Å²) in [6.45, 7) is 4.92. The van der Waals surface area contributed by atoms with Gasteiger partial charge in [-0.1, -0.05) is 31.5 Å². The number of aromatic nitrogens is 1. The predicted molar refractivity (Wildman–Crippen MR) is 99.7 cm³/mol. The Balaban J connectivity index is 1.87. The number of carbonyl (C=O) groups excluding carboxylic acids is 1. The van der Waals surface area contributed by atoms with Gasteiger partial charge in [0.15, 0.2) is 0 Å². The lowest BCUT2D eigenvalue weighted by atomic mass is 10.1. The van der Waals surface area contributed by atoms with Crippen LogP contribution in [0.15, 0.2) is 41.2 Å². The van der Waals surface area contributed by atoms with Gasteiger partial charge in [0.25, 0.3) is 11.5 Å². The number of carbonyl (C=O) groups is 1. The normalized spacial score (nSPS) is 10.8. The van der Waals surface area contributed by atoms with E-state index in [9.17, 15) is 9.59 Å². The van der Waals surface area contributed by atoms with Crippen LogP contribution in [-0.2, 0) is 0 Å². The Hall–Kier alpha value is -2.27. The van der Waals surface area contributed by atoms with Crippen LogP contribution >= 0.6 is 11.6 Å². The number of amides is 1. The molecule has 0 saturated carbocycles. The molecule has 0 aliphatic heterocycles. The minimum Gasteiger partial charge on any atom is -0.493 e. The maximum Gasteiger partial charge on any atom is 0.261 e. The van der Waals surface area contributed by atoms with Crippen LogP contribution in [0.1, 0.15) is 42.2 Å². The van der Waals surface area contributed by atoms with Crippen molar-refractivity contribution in [2.24, 2.45) is 0 Å². The number of hydrogen-bond acceptors (Lipinski definition) is 3. The van der Waals surface area contributed by atoms with E-state index in [1.54, 1.807) is 31.3 Å². The number of rotatable bonds is 7. The fourth-order valence-electron chi connectivity index (χ4n) is 2.35. The van der Waals surface area contributed by atoms with Crippen molar-refractivity contribution in [2.45, 2.75) is 26.2 Å². The predicted octanol–water partition coefficient (Wildman–Crippen LogP) is 3.69. The molecule has 0 unspecified atom stereocenters. The Morgan fingerprint density at radius 3 is 2.68 bits per heavy atom. The number of benzene rings is 1. The molecule has 1 aromatic carbocycles. The van der Waals surface area contributed by atoms with Crippen molar-refractivity contribution in [3.05, 3.63) is 63.0 Å². The lowest BCUT2D eigenvalue weighted by molar-refractivity contribution is 0.0786. The van der Waals surface area contributed by atoms with E-state index in [2.05, 4.69) is 4.98 Å². The van der Waals surface area contributed by atoms with Gasteiger partial charge in [-0.05, 0) is 42.7 Å². The lowest BCUT2D eigenvalue weighted by Gasteiger charge is -2.17. The molecule has 0 atom stereocenters. The highest BCUT2D eigenvalue weighted by atomic mass is 35.5. The molecule has 1 N–H and O–H groups in total. The molecule has 0 aliphatic carbocycles. The number of halogens is 1. The van der Waals surface area contributed by atoms with Crippen LogP contribution < -0.4 is 10.3 Å². The summed E-state index contributed by atoms with van der Waals surface area (Å²) in [6, 6.07) is 10.6. The van der Waals surface area contributed by atoms with Crippen LogP contribution in [0.2, 0.25) is 5.02 Å². The van der Waals surface area contributed by atoms with Crippen LogP contribution in [0.3, 0.4) is 0 Å². The third-order valence-electron chi connectivity index (χ3n) is 3.83. The first kappa shape index (κ1) is 19.1. The van der Waals surface area contributed by atoms with Gasteiger partial charge in [0.1, 0.15) is 11.3 Å². The number of H-pyrrole nitrogens is 1. The quantitative estimate of drug-likeness (QED) is 0.764. The molecule has 6 heteroatoms. The minimum atomic E-state index is -0.349. The van der Waals surface area contributed by atoms with Gasteiger partial charge < -0.3 is 14.6 Å². The molecule has 0 saturated heterocycles.